The highest BCUT2D eigenvalue weighted by Gasteiger charge is 2.33. The molecule has 10 heteroatoms. The number of hydrogen-bond acceptors (Lipinski definition) is 5. The van der Waals surface area contributed by atoms with E-state index >= 15 is 0 Å². The van der Waals surface area contributed by atoms with E-state index in [0.717, 1.165) is 12.1 Å². The first kappa shape index (κ1) is 16.0. The minimum atomic E-state index is -4.59. The molecule has 6 nitrogen and oxygen atoms in total. The SMILES string of the molecule is NC(=O)OCCNc1nc(C(F)(F)F)ccc1C(N)=S. The van der Waals surface area contributed by atoms with E-state index in [4.69, 9.17) is 23.7 Å². The molecule has 0 aliphatic carbocycles. The first-order valence-corrected chi connectivity index (χ1v) is 5.67. The fourth-order valence-electron chi connectivity index (χ4n) is 1.27. The van der Waals surface area contributed by atoms with Crippen LogP contribution < -0.4 is 16.8 Å². The van der Waals surface area contributed by atoms with Gasteiger partial charge in [-0.15, -0.1) is 0 Å². The van der Waals surface area contributed by atoms with Gasteiger partial charge in [0.1, 0.15) is 23.1 Å². The molecule has 0 aliphatic rings. The molecule has 5 N–H and O–H groups in total. The van der Waals surface area contributed by atoms with Crippen molar-refractivity contribution in [2.24, 2.45) is 11.5 Å². The molecule has 1 aromatic heterocycles. The first-order valence-electron chi connectivity index (χ1n) is 5.26. The van der Waals surface area contributed by atoms with Crippen molar-refractivity contribution in [1.82, 2.24) is 4.98 Å². The Morgan fingerprint density at radius 1 is 1.40 bits per heavy atom. The Kier molecular flexibility index (Phi) is 5.08. The number of rotatable bonds is 5. The van der Waals surface area contributed by atoms with Gasteiger partial charge in [-0.1, -0.05) is 12.2 Å². The zero-order valence-electron chi connectivity index (χ0n) is 10.0. The van der Waals surface area contributed by atoms with Crippen LogP contribution in [-0.4, -0.2) is 29.2 Å². The summed E-state index contributed by atoms with van der Waals surface area (Å²) in [7, 11) is 0. The molecule has 0 saturated heterocycles. The lowest BCUT2D eigenvalue weighted by molar-refractivity contribution is -0.141. The smallest absolute Gasteiger partial charge is 0.433 e. The van der Waals surface area contributed by atoms with Crippen molar-refractivity contribution >= 4 is 29.1 Å². The van der Waals surface area contributed by atoms with Gasteiger partial charge >= 0.3 is 12.3 Å². The van der Waals surface area contributed by atoms with Crippen LogP contribution in [0.4, 0.5) is 23.8 Å². The minimum absolute atomic E-state index is 0.00681. The summed E-state index contributed by atoms with van der Waals surface area (Å²) in [5, 5.41) is 2.55. The molecule has 0 unspecified atom stereocenters. The van der Waals surface area contributed by atoms with Crippen LogP contribution >= 0.6 is 12.2 Å². The average molecular weight is 308 g/mol. The molecule has 0 aromatic carbocycles. The third kappa shape index (κ3) is 4.53. The number of alkyl halides is 3. The number of thiocarbonyl (C=S) groups is 1. The standard InChI is InChI=1S/C10H11F3N4O2S/c11-10(12,13)6-2-1-5(7(14)20)8(17-6)16-3-4-19-9(15)18/h1-2H,3-4H2,(H2,14,20)(H2,15,18)(H,16,17). The third-order valence-corrected chi connectivity index (χ3v) is 2.31. The highest BCUT2D eigenvalue weighted by atomic mass is 32.1. The Labute approximate surface area is 117 Å². The normalized spacial score (nSPS) is 10.9. The molecule has 0 saturated carbocycles. The van der Waals surface area contributed by atoms with Crippen LogP contribution in [-0.2, 0) is 10.9 Å². The van der Waals surface area contributed by atoms with E-state index in [1.165, 1.54) is 0 Å². The number of aromatic nitrogens is 1. The number of pyridine rings is 1. The summed E-state index contributed by atoms with van der Waals surface area (Å²) < 4.78 is 42.1. The molecule has 1 heterocycles. The summed E-state index contributed by atoms with van der Waals surface area (Å²) in [6.45, 7) is -0.128. The number of amides is 1. The number of carbonyl (C=O) groups is 1. The quantitative estimate of drug-likeness (QED) is 0.558. The van der Waals surface area contributed by atoms with Gasteiger partial charge in [0.2, 0.25) is 0 Å². The Hall–Kier alpha value is -2.10. The minimum Gasteiger partial charge on any atom is -0.448 e. The molecular weight excluding hydrogens is 297 g/mol. The van der Waals surface area contributed by atoms with Crippen molar-refractivity contribution < 1.29 is 22.7 Å². The lowest BCUT2D eigenvalue weighted by atomic mass is 10.2. The lowest BCUT2D eigenvalue weighted by Gasteiger charge is -2.13. The Morgan fingerprint density at radius 2 is 2.05 bits per heavy atom. The highest BCUT2D eigenvalue weighted by Crippen LogP contribution is 2.29. The number of nitrogens with zero attached hydrogens (tertiary/aromatic N) is 1. The van der Waals surface area contributed by atoms with Crippen LogP contribution in [0.3, 0.4) is 0 Å². The fraction of sp³-hybridized carbons (Fsp3) is 0.300. The van der Waals surface area contributed by atoms with Crippen molar-refractivity contribution in [2.75, 3.05) is 18.5 Å². The molecular formula is C10H11F3N4O2S. The second-order valence-corrected chi connectivity index (χ2v) is 3.99. The van der Waals surface area contributed by atoms with Gasteiger partial charge in [-0.2, -0.15) is 13.2 Å². The lowest BCUT2D eigenvalue weighted by Crippen LogP contribution is -2.21. The van der Waals surface area contributed by atoms with Gasteiger partial charge in [0.05, 0.1) is 12.1 Å². The van der Waals surface area contributed by atoms with Gasteiger partial charge in [0.15, 0.2) is 0 Å². The summed E-state index contributed by atoms with van der Waals surface area (Å²) in [5.74, 6) is -0.139. The second-order valence-electron chi connectivity index (χ2n) is 3.55. The molecule has 20 heavy (non-hydrogen) atoms. The summed E-state index contributed by atoms with van der Waals surface area (Å²) >= 11 is 4.72. The Morgan fingerprint density at radius 3 is 2.55 bits per heavy atom. The van der Waals surface area contributed by atoms with Gasteiger partial charge in [-0.25, -0.2) is 9.78 Å². The van der Waals surface area contributed by atoms with Crippen molar-refractivity contribution in [3.8, 4) is 0 Å². The molecule has 1 rings (SSSR count). The van der Waals surface area contributed by atoms with E-state index in [-0.39, 0.29) is 29.5 Å². The second kappa shape index (κ2) is 6.37. The van der Waals surface area contributed by atoms with Crippen molar-refractivity contribution in [1.29, 1.82) is 0 Å². The number of nitrogens with one attached hydrogen (secondary N) is 1. The maximum Gasteiger partial charge on any atom is 0.433 e. The van der Waals surface area contributed by atoms with Gasteiger partial charge in [-0.05, 0) is 12.1 Å². The summed E-state index contributed by atoms with van der Waals surface area (Å²) in [5.41, 5.74) is 9.20. The van der Waals surface area contributed by atoms with E-state index < -0.39 is 18.0 Å². The molecule has 1 amide bonds. The Bertz CT molecular complexity index is 522. The number of nitrogens with two attached hydrogens (primary N) is 2. The van der Waals surface area contributed by atoms with Crippen molar-refractivity contribution in [3.05, 3.63) is 23.4 Å². The first-order chi connectivity index (χ1) is 9.21. The van der Waals surface area contributed by atoms with Crippen molar-refractivity contribution in [3.63, 3.8) is 0 Å². The number of primary amides is 1. The van der Waals surface area contributed by atoms with Crippen LogP contribution in [0.15, 0.2) is 12.1 Å². The summed E-state index contributed by atoms with van der Waals surface area (Å²) in [4.78, 5) is 13.6. The van der Waals surface area contributed by atoms with Gasteiger partial charge < -0.3 is 21.5 Å². The third-order valence-electron chi connectivity index (χ3n) is 2.09. The van der Waals surface area contributed by atoms with E-state index in [0.29, 0.717) is 0 Å². The maximum absolute atomic E-state index is 12.6. The van der Waals surface area contributed by atoms with E-state index in [2.05, 4.69) is 15.0 Å². The molecule has 0 fully saturated rings. The van der Waals surface area contributed by atoms with Crippen LogP contribution in [0.25, 0.3) is 0 Å². The zero-order valence-corrected chi connectivity index (χ0v) is 10.8. The monoisotopic (exact) mass is 308 g/mol. The predicted molar refractivity (Wildman–Crippen MR) is 69.2 cm³/mol. The van der Waals surface area contributed by atoms with Gasteiger partial charge in [-0.3, -0.25) is 0 Å². The van der Waals surface area contributed by atoms with Crippen LogP contribution in [0.2, 0.25) is 0 Å². The molecule has 0 spiro atoms. The zero-order chi connectivity index (χ0) is 15.3. The topological polar surface area (TPSA) is 103 Å². The largest absolute Gasteiger partial charge is 0.448 e. The molecule has 0 radical (unpaired) electrons. The summed E-state index contributed by atoms with van der Waals surface area (Å²) in [6.07, 6.45) is -5.58. The number of hydrogen-bond donors (Lipinski definition) is 3. The number of carbonyl (C=O) groups excluding carboxylic acids is 1. The van der Waals surface area contributed by atoms with Crippen LogP contribution in [0, 0.1) is 0 Å². The van der Waals surface area contributed by atoms with Crippen molar-refractivity contribution in [2.45, 2.75) is 6.18 Å². The summed E-state index contributed by atoms with van der Waals surface area (Å²) in [6, 6.07) is 1.90. The molecule has 1 aromatic rings. The molecule has 110 valence electrons. The highest BCUT2D eigenvalue weighted by molar-refractivity contribution is 7.80. The van der Waals surface area contributed by atoms with E-state index in [1.54, 1.807) is 0 Å². The number of halogens is 3. The molecule has 0 aliphatic heterocycles. The maximum atomic E-state index is 12.6. The van der Waals surface area contributed by atoms with Crippen LogP contribution in [0.5, 0.6) is 0 Å². The van der Waals surface area contributed by atoms with E-state index in [9.17, 15) is 18.0 Å². The number of ether oxygens (including phenoxy) is 1. The Balaban J connectivity index is 2.89. The average Bonchev–Trinajstić information content (AvgIpc) is 2.32. The molecule has 0 bridgehead atoms. The van der Waals surface area contributed by atoms with Crippen LogP contribution in [0.1, 0.15) is 11.3 Å². The van der Waals surface area contributed by atoms with Gasteiger partial charge in [0.25, 0.3) is 0 Å². The number of anilines is 1. The predicted octanol–water partition coefficient (Wildman–Crippen LogP) is 1.24. The fourth-order valence-corrected chi connectivity index (χ4v) is 1.44. The molecule has 0 atom stereocenters. The van der Waals surface area contributed by atoms with Gasteiger partial charge in [0, 0.05) is 0 Å². The van der Waals surface area contributed by atoms with E-state index in [1.807, 2.05) is 0 Å².